The summed E-state index contributed by atoms with van der Waals surface area (Å²) in [7, 11) is 1.27. The van der Waals surface area contributed by atoms with Gasteiger partial charge >= 0.3 is 12.1 Å². The van der Waals surface area contributed by atoms with E-state index in [2.05, 4.69) is 10.1 Å². The van der Waals surface area contributed by atoms with Crippen molar-refractivity contribution in [2.75, 3.05) is 12.4 Å². The van der Waals surface area contributed by atoms with Crippen LogP contribution in [0.25, 0.3) is 0 Å². The number of hydrogen-bond donors (Lipinski definition) is 1. The van der Waals surface area contributed by atoms with Gasteiger partial charge in [-0.1, -0.05) is 18.2 Å². The van der Waals surface area contributed by atoms with Crippen LogP contribution in [0.2, 0.25) is 0 Å². The Kier molecular flexibility index (Phi) is 4.78. The van der Waals surface area contributed by atoms with Crippen molar-refractivity contribution in [3.05, 3.63) is 46.3 Å². The summed E-state index contributed by atoms with van der Waals surface area (Å²) in [6.45, 7) is 4.32. The number of rotatable bonds is 3. The van der Waals surface area contributed by atoms with Gasteiger partial charge in [0.1, 0.15) is 10.8 Å². The molecule has 1 aromatic heterocycles. The number of carbonyl (C=O) groups is 2. The standard InChI is InChI=1S/C18H19NO5S/c1-18(2)9-12-13(10-23-18)25-15(19-17(21)22-3)14(12)16(20)24-11-7-5-4-6-8-11/h4-8H,9-10H2,1-3H3,(H,19,21). The Bertz CT molecular complexity index is 797. The Morgan fingerprint density at radius 2 is 1.96 bits per heavy atom. The highest BCUT2D eigenvalue weighted by Gasteiger charge is 2.34. The van der Waals surface area contributed by atoms with Crippen LogP contribution in [0.3, 0.4) is 0 Å². The average Bonchev–Trinajstić information content (AvgIpc) is 2.91. The van der Waals surface area contributed by atoms with E-state index in [0.717, 1.165) is 10.4 Å². The first-order valence-corrected chi connectivity index (χ1v) is 8.62. The van der Waals surface area contributed by atoms with Crippen LogP contribution in [-0.4, -0.2) is 24.8 Å². The Labute approximate surface area is 149 Å². The fourth-order valence-corrected chi connectivity index (χ4v) is 3.75. The summed E-state index contributed by atoms with van der Waals surface area (Å²) in [5.74, 6) is -0.0596. The number of nitrogens with one attached hydrogen (secondary N) is 1. The van der Waals surface area contributed by atoms with Crippen molar-refractivity contribution in [1.82, 2.24) is 0 Å². The largest absolute Gasteiger partial charge is 0.453 e. The summed E-state index contributed by atoms with van der Waals surface area (Å²) in [4.78, 5) is 25.4. The quantitative estimate of drug-likeness (QED) is 0.661. The van der Waals surface area contributed by atoms with Gasteiger partial charge in [0.25, 0.3) is 0 Å². The first-order valence-electron chi connectivity index (χ1n) is 7.80. The highest BCUT2D eigenvalue weighted by molar-refractivity contribution is 7.17. The molecule has 0 aliphatic carbocycles. The monoisotopic (exact) mass is 361 g/mol. The Hall–Kier alpha value is -2.38. The summed E-state index contributed by atoms with van der Waals surface area (Å²) in [5.41, 5.74) is 0.831. The van der Waals surface area contributed by atoms with Gasteiger partial charge in [-0.25, -0.2) is 9.59 Å². The molecule has 2 aromatic rings. The van der Waals surface area contributed by atoms with Gasteiger partial charge in [0, 0.05) is 11.3 Å². The van der Waals surface area contributed by atoms with Crippen molar-refractivity contribution in [2.24, 2.45) is 0 Å². The van der Waals surface area contributed by atoms with E-state index in [1.807, 2.05) is 19.9 Å². The number of para-hydroxylation sites is 1. The zero-order valence-corrected chi connectivity index (χ0v) is 15.1. The zero-order chi connectivity index (χ0) is 18.0. The summed E-state index contributed by atoms with van der Waals surface area (Å²) in [6.07, 6.45) is -0.0755. The molecule has 0 fully saturated rings. The van der Waals surface area contributed by atoms with E-state index in [1.165, 1.54) is 18.4 Å². The molecule has 0 bridgehead atoms. The van der Waals surface area contributed by atoms with E-state index < -0.39 is 17.7 Å². The molecular weight excluding hydrogens is 342 g/mol. The number of hydrogen-bond acceptors (Lipinski definition) is 6. The van der Waals surface area contributed by atoms with Crippen LogP contribution in [-0.2, 0) is 22.5 Å². The van der Waals surface area contributed by atoms with Crippen molar-refractivity contribution in [3.8, 4) is 5.75 Å². The molecule has 0 unspecified atom stereocenters. The Morgan fingerprint density at radius 1 is 1.24 bits per heavy atom. The van der Waals surface area contributed by atoms with E-state index in [-0.39, 0.29) is 0 Å². The van der Waals surface area contributed by atoms with Gasteiger partial charge in [-0.05, 0) is 31.5 Å². The maximum absolute atomic E-state index is 12.8. The second kappa shape index (κ2) is 6.85. The molecule has 1 aliphatic rings. The van der Waals surface area contributed by atoms with E-state index in [1.54, 1.807) is 24.3 Å². The van der Waals surface area contributed by atoms with Crippen LogP contribution < -0.4 is 10.1 Å². The number of fused-ring (bicyclic) bond motifs is 1. The van der Waals surface area contributed by atoms with Crippen LogP contribution >= 0.6 is 11.3 Å². The topological polar surface area (TPSA) is 73.9 Å². The molecule has 0 radical (unpaired) electrons. The average molecular weight is 361 g/mol. The van der Waals surface area contributed by atoms with Crippen molar-refractivity contribution in [1.29, 1.82) is 0 Å². The van der Waals surface area contributed by atoms with Gasteiger partial charge in [-0.15, -0.1) is 11.3 Å². The summed E-state index contributed by atoms with van der Waals surface area (Å²) < 4.78 is 15.9. The van der Waals surface area contributed by atoms with Crippen LogP contribution in [0.15, 0.2) is 30.3 Å². The lowest BCUT2D eigenvalue weighted by atomic mass is 9.93. The first-order chi connectivity index (χ1) is 11.9. The maximum Gasteiger partial charge on any atom is 0.411 e. The highest BCUT2D eigenvalue weighted by atomic mass is 32.1. The molecule has 3 rings (SSSR count). The minimum Gasteiger partial charge on any atom is -0.453 e. The molecule has 1 N–H and O–H groups in total. The second-order valence-electron chi connectivity index (χ2n) is 6.25. The minimum atomic E-state index is -0.632. The number of ether oxygens (including phenoxy) is 3. The zero-order valence-electron chi connectivity index (χ0n) is 14.3. The second-order valence-corrected chi connectivity index (χ2v) is 7.36. The molecule has 132 valence electrons. The van der Waals surface area contributed by atoms with Crippen LogP contribution in [0.4, 0.5) is 9.80 Å². The third kappa shape index (κ3) is 3.83. The number of anilines is 1. The third-order valence-corrected chi connectivity index (χ3v) is 4.97. The summed E-state index contributed by atoms with van der Waals surface area (Å²) >= 11 is 1.31. The lowest BCUT2D eigenvalue weighted by Crippen LogP contribution is -2.32. The predicted octanol–water partition coefficient (Wildman–Crippen LogP) is 4.00. The number of benzene rings is 1. The summed E-state index contributed by atoms with van der Waals surface area (Å²) in [6, 6.07) is 8.83. The molecule has 2 heterocycles. The van der Waals surface area contributed by atoms with Crippen molar-refractivity contribution >= 4 is 28.4 Å². The third-order valence-electron chi connectivity index (χ3n) is 3.85. The predicted molar refractivity (Wildman–Crippen MR) is 94.3 cm³/mol. The molecule has 0 saturated carbocycles. The lowest BCUT2D eigenvalue weighted by molar-refractivity contribution is -0.0384. The van der Waals surface area contributed by atoms with Gasteiger partial charge in [-0.2, -0.15) is 0 Å². The maximum atomic E-state index is 12.8. The number of thiophene rings is 1. The molecule has 1 aromatic carbocycles. The van der Waals surface area contributed by atoms with E-state index in [9.17, 15) is 9.59 Å². The highest BCUT2D eigenvalue weighted by Crippen LogP contribution is 2.41. The van der Waals surface area contributed by atoms with Gasteiger partial charge in [0.2, 0.25) is 0 Å². The number of esters is 1. The van der Waals surface area contributed by atoms with Gasteiger partial charge in [0.05, 0.1) is 24.9 Å². The smallest absolute Gasteiger partial charge is 0.411 e. The van der Waals surface area contributed by atoms with Crippen molar-refractivity contribution < 1.29 is 23.8 Å². The normalized spacial score (nSPS) is 15.2. The van der Waals surface area contributed by atoms with Gasteiger partial charge < -0.3 is 14.2 Å². The number of methoxy groups -OCH3 is 1. The van der Waals surface area contributed by atoms with Crippen LogP contribution in [0.1, 0.15) is 34.6 Å². The summed E-state index contributed by atoms with van der Waals surface area (Å²) in [5, 5.41) is 3.03. The molecule has 0 spiro atoms. The van der Waals surface area contributed by atoms with Crippen LogP contribution in [0.5, 0.6) is 5.75 Å². The van der Waals surface area contributed by atoms with Gasteiger partial charge in [0.15, 0.2) is 0 Å². The molecule has 0 saturated heterocycles. The van der Waals surface area contributed by atoms with Crippen LogP contribution in [0, 0.1) is 0 Å². The van der Waals surface area contributed by atoms with Crippen molar-refractivity contribution in [3.63, 3.8) is 0 Å². The fraction of sp³-hybridized carbons (Fsp3) is 0.333. The molecule has 1 amide bonds. The van der Waals surface area contributed by atoms with Crippen molar-refractivity contribution in [2.45, 2.75) is 32.5 Å². The van der Waals surface area contributed by atoms with E-state index >= 15 is 0 Å². The lowest BCUT2D eigenvalue weighted by Gasteiger charge is -2.30. The molecule has 0 atom stereocenters. The van der Waals surface area contributed by atoms with E-state index in [0.29, 0.717) is 29.3 Å². The Balaban J connectivity index is 1.98. The molecule has 1 aliphatic heterocycles. The first kappa shape index (κ1) is 17.4. The van der Waals surface area contributed by atoms with Gasteiger partial charge in [-0.3, -0.25) is 5.32 Å². The van der Waals surface area contributed by atoms with E-state index in [4.69, 9.17) is 9.47 Å². The Morgan fingerprint density at radius 3 is 2.64 bits per heavy atom. The number of carbonyl (C=O) groups excluding carboxylic acids is 2. The fourth-order valence-electron chi connectivity index (χ4n) is 2.65. The SMILES string of the molecule is COC(=O)Nc1sc2c(c1C(=O)Oc1ccccc1)CC(C)(C)OC2. The molecule has 7 heteroatoms. The molecule has 6 nitrogen and oxygen atoms in total. The minimum absolute atomic E-state index is 0.366. The number of amides is 1. The molecule has 25 heavy (non-hydrogen) atoms. The molecular formula is C18H19NO5S.